The molecule has 0 atom stereocenters. The molecule has 0 bridgehead atoms. The van der Waals surface area contributed by atoms with E-state index in [0.29, 0.717) is 16.5 Å². The number of aromatic amines is 1. The third kappa shape index (κ3) is 1.94. The first-order chi connectivity index (χ1) is 10.1. The van der Waals surface area contributed by atoms with Crippen molar-refractivity contribution in [2.75, 3.05) is 0 Å². The first-order valence-electron chi connectivity index (χ1n) is 6.68. The molecule has 1 aliphatic carbocycles. The summed E-state index contributed by atoms with van der Waals surface area (Å²) >= 11 is 0. The number of halogens is 2. The highest BCUT2D eigenvalue weighted by Crippen LogP contribution is 2.42. The van der Waals surface area contributed by atoms with Crippen LogP contribution in [0.1, 0.15) is 18.9 Å². The minimum Gasteiger partial charge on any atom is -0.337 e. The highest BCUT2D eigenvalue weighted by Gasteiger charge is 2.28. The maximum Gasteiger partial charge on any atom is 0.264 e. The van der Waals surface area contributed by atoms with Crippen LogP contribution in [-0.4, -0.2) is 14.8 Å². The Balaban J connectivity index is 2.04. The molecular weight excluding hydrogens is 276 g/mol. The molecule has 0 radical (unpaired) electrons. The fourth-order valence-electron chi connectivity index (χ4n) is 2.69. The van der Waals surface area contributed by atoms with Crippen LogP contribution in [0, 0.1) is 11.6 Å². The van der Waals surface area contributed by atoms with Crippen LogP contribution in [-0.2, 0) is 0 Å². The van der Waals surface area contributed by atoms with Crippen LogP contribution in [0.3, 0.4) is 0 Å². The third-order valence-electron chi connectivity index (χ3n) is 3.75. The Bertz CT molecular complexity index is 909. The lowest BCUT2D eigenvalue weighted by Gasteiger charge is -2.09. The molecule has 106 valence electrons. The Morgan fingerprint density at radius 2 is 1.90 bits per heavy atom. The normalized spacial score (nSPS) is 14.8. The zero-order valence-corrected chi connectivity index (χ0v) is 10.9. The number of fused-ring (bicyclic) bond motifs is 1. The van der Waals surface area contributed by atoms with Gasteiger partial charge in [-0.15, -0.1) is 0 Å². The molecule has 4 rings (SSSR count). The van der Waals surface area contributed by atoms with Crippen LogP contribution >= 0.6 is 0 Å². The lowest BCUT2D eigenvalue weighted by molar-refractivity contribution is 0.510. The molecule has 1 fully saturated rings. The van der Waals surface area contributed by atoms with Crippen molar-refractivity contribution >= 4 is 10.9 Å². The van der Waals surface area contributed by atoms with E-state index in [1.807, 2.05) is 4.57 Å². The van der Waals surface area contributed by atoms with E-state index in [0.717, 1.165) is 18.5 Å². The van der Waals surface area contributed by atoms with Gasteiger partial charge in [0.2, 0.25) is 0 Å². The fourth-order valence-corrected chi connectivity index (χ4v) is 2.69. The Morgan fingerprint density at radius 3 is 2.62 bits per heavy atom. The topological polar surface area (TPSA) is 50.7 Å². The molecule has 0 amide bonds. The summed E-state index contributed by atoms with van der Waals surface area (Å²) in [6.45, 7) is 0. The van der Waals surface area contributed by atoms with Crippen LogP contribution in [0.2, 0.25) is 0 Å². The summed E-state index contributed by atoms with van der Waals surface area (Å²) < 4.78 is 28.9. The van der Waals surface area contributed by atoms with Crippen LogP contribution in [0.15, 0.2) is 35.3 Å². The second kappa shape index (κ2) is 4.25. The second-order valence-corrected chi connectivity index (χ2v) is 5.29. The van der Waals surface area contributed by atoms with Gasteiger partial charge in [-0.05, 0) is 25.0 Å². The van der Waals surface area contributed by atoms with Crippen molar-refractivity contribution in [1.82, 2.24) is 14.8 Å². The van der Waals surface area contributed by atoms with E-state index in [1.165, 1.54) is 18.2 Å². The molecule has 0 spiro atoms. The van der Waals surface area contributed by atoms with Gasteiger partial charge in [-0.3, -0.25) is 4.79 Å². The lowest BCUT2D eigenvalue weighted by atomic mass is 10.2. The van der Waals surface area contributed by atoms with Crippen molar-refractivity contribution in [2.45, 2.75) is 18.9 Å². The number of hydrogen-bond acceptors (Lipinski definition) is 2. The Morgan fingerprint density at radius 1 is 1.14 bits per heavy atom. The Hall–Kier alpha value is -2.50. The molecule has 3 aromatic rings. The maximum absolute atomic E-state index is 13.5. The zero-order valence-electron chi connectivity index (χ0n) is 10.9. The molecule has 4 nitrogen and oxygen atoms in total. The summed E-state index contributed by atoms with van der Waals surface area (Å²) in [6.07, 6.45) is 3.53. The van der Waals surface area contributed by atoms with E-state index in [1.54, 1.807) is 12.3 Å². The molecule has 0 aliphatic heterocycles. The molecule has 1 N–H and O–H groups in total. The summed E-state index contributed by atoms with van der Waals surface area (Å²) in [5, 5.41) is 6.73. The molecule has 2 aromatic heterocycles. The fraction of sp³-hybridized carbons (Fsp3) is 0.200. The van der Waals surface area contributed by atoms with E-state index in [-0.39, 0.29) is 11.6 Å². The van der Waals surface area contributed by atoms with Gasteiger partial charge in [0.1, 0.15) is 0 Å². The number of nitrogens with zero attached hydrogens (tertiary/aromatic N) is 2. The quantitative estimate of drug-likeness (QED) is 0.787. The summed E-state index contributed by atoms with van der Waals surface area (Å²) in [4.78, 5) is 11.4. The van der Waals surface area contributed by atoms with Crippen molar-refractivity contribution in [1.29, 1.82) is 0 Å². The van der Waals surface area contributed by atoms with Gasteiger partial charge in [-0.25, -0.2) is 13.9 Å². The summed E-state index contributed by atoms with van der Waals surface area (Å²) in [6, 6.07) is 5.88. The van der Waals surface area contributed by atoms with Gasteiger partial charge in [-0.2, -0.15) is 5.10 Å². The van der Waals surface area contributed by atoms with Crippen molar-refractivity contribution in [3.05, 3.63) is 52.5 Å². The number of nitrogens with one attached hydrogen (secondary N) is 1. The molecule has 0 unspecified atom stereocenters. The van der Waals surface area contributed by atoms with E-state index in [2.05, 4.69) is 10.2 Å². The summed E-state index contributed by atoms with van der Waals surface area (Å²) in [5.41, 5.74) is 1.74. The summed E-state index contributed by atoms with van der Waals surface area (Å²) in [5.74, 6) is -1.73. The number of hydrogen-bond donors (Lipinski definition) is 1. The number of H-pyrrole nitrogens is 1. The molecule has 1 aliphatic rings. The van der Waals surface area contributed by atoms with E-state index in [9.17, 15) is 13.6 Å². The van der Waals surface area contributed by atoms with E-state index in [4.69, 9.17) is 0 Å². The molecular formula is C15H11F2N3O. The summed E-state index contributed by atoms with van der Waals surface area (Å²) in [7, 11) is 0. The molecule has 21 heavy (non-hydrogen) atoms. The average molecular weight is 287 g/mol. The molecule has 1 aromatic carbocycles. The van der Waals surface area contributed by atoms with Crippen LogP contribution in [0.5, 0.6) is 0 Å². The van der Waals surface area contributed by atoms with Crippen molar-refractivity contribution in [3.8, 4) is 11.3 Å². The predicted octanol–water partition coefficient (Wildman–Crippen LogP) is 3.00. The van der Waals surface area contributed by atoms with Gasteiger partial charge in [0.25, 0.3) is 5.56 Å². The first-order valence-corrected chi connectivity index (χ1v) is 6.68. The molecule has 2 heterocycles. The average Bonchev–Trinajstić information content (AvgIpc) is 3.22. The van der Waals surface area contributed by atoms with Crippen LogP contribution < -0.4 is 5.56 Å². The van der Waals surface area contributed by atoms with E-state index < -0.39 is 11.6 Å². The number of aromatic nitrogens is 3. The molecule has 0 saturated heterocycles. The van der Waals surface area contributed by atoms with Crippen molar-refractivity contribution in [3.63, 3.8) is 0 Å². The molecule has 1 saturated carbocycles. The van der Waals surface area contributed by atoms with Crippen LogP contribution in [0.25, 0.3) is 22.2 Å². The van der Waals surface area contributed by atoms with Crippen molar-refractivity contribution < 1.29 is 8.78 Å². The van der Waals surface area contributed by atoms with Gasteiger partial charge in [0.05, 0.1) is 17.4 Å². The minimum absolute atomic E-state index is 0.265. The van der Waals surface area contributed by atoms with Gasteiger partial charge < -0.3 is 4.57 Å². The van der Waals surface area contributed by atoms with Gasteiger partial charge >= 0.3 is 0 Å². The van der Waals surface area contributed by atoms with Crippen molar-refractivity contribution in [2.24, 2.45) is 0 Å². The lowest BCUT2D eigenvalue weighted by Crippen LogP contribution is -2.07. The van der Waals surface area contributed by atoms with Crippen LogP contribution in [0.4, 0.5) is 8.78 Å². The highest BCUT2D eigenvalue weighted by molar-refractivity contribution is 5.87. The Kier molecular flexibility index (Phi) is 2.48. The smallest absolute Gasteiger partial charge is 0.264 e. The zero-order chi connectivity index (χ0) is 14.6. The highest BCUT2D eigenvalue weighted by atomic mass is 19.2. The van der Waals surface area contributed by atoms with Gasteiger partial charge in [0, 0.05) is 29.1 Å². The Labute approximate surface area is 118 Å². The molecule has 6 heteroatoms. The van der Waals surface area contributed by atoms with Gasteiger partial charge in [-0.1, -0.05) is 0 Å². The largest absolute Gasteiger partial charge is 0.337 e. The third-order valence-corrected chi connectivity index (χ3v) is 3.75. The number of rotatable bonds is 2. The number of benzene rings is 1. The minimum atomic E-state index is -0.869. The van der Waals surface area contributed by atoms with Gasteiger partial charge in [0.15, 0.2) is 11.6 Å². The maximum atomic E-state index is 13.5. The standard InChI is InChI=1S/C15H11F2N3O/c16-11-3-8-4-13(9-5-15(21)19-18-7-9)20(10-1-2-10)14(8)6-12(11)17/h3-7,10H,1-2H2,(H,19,21). The monoisotopic (exact) mass is 287 g/mol. The van der Waals surface area contributed by atoms with E-state index >= 15 is 0 Å². The predicted molar refractivity (Wildman–Crippen MR) is 74.0 cm³/mol. The second-order valence-electron chi connectivity index (χ2n) is 5.29. The SMILES string of the molecule is O=c1cc(-c2cc3cc(F)c(F)cc3n2C2CC2)cn[nH]1. The first kappa shape index (κ1) is 12.3.